The fraction of sp³-hybridized carbons (Fsp3) is 1.00. The van der Waals surface area contributed by atoms with Gasteiger partial charge in [-0.3, -0.25) is 9.80 Å². The fourth-order valence-electron chi connectivity index (χ4n) is 4.25. The Morgan fingerprint density at radius 1 is 1.21 bits per heavy atom. The van der Waals surface area contributed by atoms with Crippen LogP contribution in [-0.2, 0) is 4.74 Å². The van der Waals surface area contributed by atoms with E-state index in [-0.39, 0.29) is 5.54 Å². The predicted molar refractivity (Wildman–Crippen MR) is 77.2 cm³/mol. The van der Waals surface area contributed by atoms with Crippen LogP contribution >= 0.6 is 0 Å². The van der Waals surface area contributed by atoms with Crippen LogP contribution in [0.4, 0.5) is 0 Å². The van der Waals surface area contributed by atoms with E-state index in [1.807, 2.05) is 0 Å². The molecule has 3 atom stereocenters. The Morgan fingerprint density at radius 2 is 2.05 bits per heavy atom. The number of nitrogens with zero attached hydrogens (tertiary/aromatic N) is 2. The van der Waals surface area contributed by atoms with Gasteiger partial charge in [0.25, 0.3) is 0 Å². The minimum atomic E-state index is 0.134. The van der Waals surface area contributed by atoms with Crippen LogP contribution < -0.4 is 5.73 Å². The average molecular weight is 267 g/mol. The van der Waals surface area contributed by atoms with Crippen LogP contribution in [0.25, 0.3) is 0 Å². The SMILES string of the molecule is CC(CN)(C1CCOC1)N1CCCN2CCCC2C1. The quantitative estimate of drug-likeness (QED) is 0.825. The summed E-state index contributed by atoms with van der Waals surface area (Å²) in [7, 11) is 0. The van der Waals surface area contributed by atoms with Crippen molar-refractivity contribution in [1.29, 1.82) is 0 Å². The van der Waals surface area contributed by atoms with Crippen LogP contribution in [0.15, 0.2) is 0 Å². The molecule has 0 radical (unpaired) electrons. The second-order valence-corrected chi connectivity index (χ2v) is 6.75. The second kappa shape index (κ2) is 5.68. The van der Waals surface area contributed by atoms with Gasteiger partial charge >= 0.3 is 0 Å². The van der Waals surface area contributed by atoms with Crippen LogP contribution in [0.1, 0.15) is 32.6 Å². The summed E-state index contributed by atoms with van der Waals surface area (Å²) in [4.78, 5) is 5.39. The van der Waals surface area contributed by atoms with Crippen molar-refractivity contribution >= 4 is 0 Å². The summed E-state index contributed by atoms with van der Waals surface area (Å²) in [6, 6.07) is 0.774. The van der Waals surface area contributed by atoms with Crippen LogP contribution in [0.3, 0.4) is 0 Å². The lowest BCUT2D eigenvalue weighted by Crippen LogP contribution is -2.58. The molecule has 0 aromatic rings. The molecule has 0 amide bonds. The lowest BCUT2D eigenvalue weighted by atomic mass is 9.82. The third kappa shape index (κ3) is 2.56. The zero-order valence-electron chi connectivity index (χ0n) is 12.3. The molecule has 2 N–H and O–H groups in total. The normalized spacial score (nSPS) is 36.9. The molecule has 3 aliphatic heterocycles. The maximum atomic E-state index is 6.20. The van der Waals surface area contributed by atoms with Gasteiger partial charge in [-0.15, -0.1) is 0 Å². The van der Waals surface area contributed by atoms with Crippen molar-refractivity contribution < 1.29 is 4.74 Å². The molecule has 3 heterocycles. The van der Waals surface area contributed by atoms with Gasteiger partial charge in [-0.1, -0.05) is 0 Å². The van der Waals surface area contributed by atoms with E-state index in [4.69, 9.17) is 10.5 Å². The number of hydrogen-bond acceptors (Lipinski definition) is 4. The largest absolute Gasteiger partial charge is 0.381 e. The Morgan fingerprint density at radius 3 is 2.79 bits per heavy atom. The van der Waals surface area contributed by atoms with Crippen molar-refractivity contribution in [2.75, 3.05) is 45.9 Å². The summed E-state index contributed by atoms with van der Waals surface area (Å²) in [6.45, 7) is 9.96. The molecule has 110 valence electrons. The molecule has 4 nitrogen and oxygen atoms in total. The molecular formula is C15H29N3O. The lowest BCUT2D eigenvalue weighted by Gasteiger charge is -2.45. The Balaban J connectivity index is 1.74. The zero-order valence-corrected chi connectivity index (χ0v) is 12.3. The first kappa shape index (κ1) is 13.8. The van der Waals surface area contributed by atoms with Crippen molar-refractivity contribution in [2.24, 2.45) is 11.7 Å². The first-order valence-corrected chi connectivity index (χ1v) is 8.01. The first-order chi connectivity index (χ1) is 9.24. The van der Waals surface area contributed by atoms with E-state index >= 15 is 0 Å². The average Bonchev–Trinajstić information content (AvgIpc) is 3.06. The Bertz CT molecular complexity index is 306. The van der Waals surface area contributed by atoms with E-state index in [2.05, 4.69) is 16.7 Å². The lowest BCUT2D eigenvalue weighted by molar-refractivity contribution is 0.0399. The predicted octanol–water partition coefficient (Wildman–Crippen LogP) is 0.910. The van der Waals surface area contributed by atoms with Crippen molar-refractivity contribution in [3.05, 3.63) is 0 Å². The fourth-order valence-corrected chi connectivity index (χ4v) is 4.25. The minimum Gasteiger partial charge on any atom is -0.381 e. The highest BCUT2D eigenvalue weighted by Gasteiger charge is 2.42. The van der Waals surface area contributed by atoms with Crippen LogP contribution in [-0.4, -0.2) is 67.3 Å². The highest BCUT2D eigenvalue weighted by Crippen LogP contribution is 2.33. The van der Waals surface area contributed by atoms with Gasteiger partial charge in [-0.05, 0) is 45.7 Å². The number of rotatable bonds is 3. The molecule has 3 rings (SSSR count). The van der Waals surface area contributed by atoms with Gasteiger partial charge < -0.3 is 10.5 Å². The molecule has 3 unspecified atom stereocenters. The molecule has 0 bridgehead atoms. The van der Waals surface area contributed by atoms with E-state index in [0.29, 0.717) is 5.92 Å². The first-order valence-electron chi connectivity index (χ1n) is 8.01. The monoisotopic (exact) mass is 267 g/mol. The molecule has 0 saturated carbocycles. The van der Waals surface area contributed by atoms with Crippen molar-refractivity contribution in [3.8, 4) is 0 Å². The summed E-state index contributed by atoms with van der Waals surface area (Å²) in [5.41, 5.74) is 6.33. The van der Waals surface area contributed by atoms with Crippen molar-refractivity contribution in [2.45, 2.75) is 44.2 Å². The number of nitrogens with two attached hydrogens (primary N) is 1. The van der Waals surface area contributed by atoms with Gasteiger partial charge in [-0.2, -0.15) is 0 Å². The van der Waals surface area contributed by atoms with Gasteiger partial charge in [0.15, 0.2) is 0 Å². The third-order valence-corrected chi connectivity index (χ3v) is 5.75. The summed E-state index contributed by atoms with van der Waals surface area (Å²) in [5, 5.41) is 0. The Labute approximate surface area is 117 Å². The molecule has 4 heteroatoms. The molecular weight excluding hydrogens is 238 g/mol. The van der Waals surface area contributed by atoms with Gasteiger partial charge in [0.1, 0.15) is 0 Å². The zero-order chi connectivity index (χ0) is 13.3. The van der Waals surface area contributed by atoms with Gasteiger partial charge in [0, 0.05) is 43.7 Å². The molecule has 19 heavy (non-hydrogen) atoms. The maximum absolute atomic E-state index is 6.20. The van der Waals surface area contributed by atoms with Crippen LogP contribution in [0.2, 0.25) is 0 Å². The van der Waals surface area contributed by atoms with Crippen molar-refractivity contribution in [3.63, 3.8) is 0 Å². The third-order valence-electron chi connectivity index (χ3n) is 5.75. The number of ether oxygens (including phenoxy) is 1. The molecule has 0 aliphatic carbocycles. The highest BCUT2D eigenvalue weighted by molar-refractivity contribution is 4.98. The van der Waals surface area contributed by atoms with Crippen molar-refractivity contribution in [1.82, 2.24) is 9.80 Å². The summed E-state index contributed by atoms with van der Waals surface area (Å²) < 4.78 is 5.62. The molecule has 3 saturated heterocycles. The molecule has 0 aromatic heterocycles. The molecule has 0 aromatic carbocycles. The van der Waals surface area contributed by atoms with E-state index in [0.717, 1.165) is 25.8 Å². The van der Waals surface area contributed by atoms with Gasteiger partial charge in [0.2, 0.25) is 0 Å². The van der Waals surface area contributed by atoms with E-state index in [9.17, 15) is 0 Å². The highest BCUT2D eigenvalue weighted by atomic mass is 16.5. The van der Waals surface area contributed by atoms with E-state index in [1.165, 1.54) is 51.9 Å². The smallest absolute Gasteiger partial charge is 0.0513 e. The van der Waals surface area contributed by atoms with E-state index < -0.39 is 0 Å². The molecule has 3 fully saturated rings. The molecule has 3 aliphatic rings. The second-order valence-electron chi connectivity index (χ2n) is 6.75. The van der Waals surface area contributed by atoms with Crippen LogP contribution in [0, 0.1) is 5.92 Å². The maximum Gasteiger partial charge on any atom is 0.0513 e. The topological polar surface area (TPSA) is 41.7 Å². The minimum absolute atomic E-state index is 0.134. The van der Waals surface area contributed by atoms with Gasteiger partial charge in [-0.25, -0.2) is 0 Å². The molecule has 0 spiro atoms. The summed E-state index contributed by atoms with van der Waals surface area (Å²) in [5.74, 6) is 0.616. The van der Waals surface area contributed by atoms with Crippen LogP contribution in [0.5, 0.6) is 0 Å². The summed E-state index contributed by atoms with van der Waals surface area (Å²) >= 11 is 0. The Kier molecular flexibility index (Phi) is 4.13. The van der Waals surface area contributed by atoms with Gasteiger partial charge in [0.05, 0.1) is 6.61 Å². The number of hydrogen-bond donors (Lipinski definition) is 1. The van der Waals surface area contributed by atoms with E-state index in [1.54, 1.807) is 0 Å². The number of fused-ring (bicyclic) bond motifs is 1. The summed E-state index contributed by atoms with van der Waals surface area (Å²) in [6.07, 6.45) is 5.22. The Hall–Kier alpha value is -0.160. The standard InChI is InChI=1S/C15H29N3O/c1-15(12-16,13-5-9-19-11-13)18-8-3-7-17-6-2-4-14(17)10-18/h13-14H,2-12,16H2,1H3.